The summed E-state index contributed by atoms with van der Waals surface area (Å²) in [4.78, 5) is 21.0. The van der Waals surface area contributed by atoms with Gasteiger partial charge in [-0.2, -0.15) is 4.98 Å². The standard InChI is InChI=1S/C16H22N6O3/c23-15(11-10-22-8-7-17-5-4-14(22)19-11)18-6-3-13-20-16(25-21-13)12-2-1-9-24-12/h10,12,17H,1-9H2,(H,18,23). The first-order chi connectivity index (χ1) is 12.3. The third-order valence-electron chi connectivity index (χ3n) is 4.47. The molecule has 0 bridgehead atoms. The van der Waals surface area contributed by atoms with E-state index in [4.69, 9.17) is 9.26 Å². The van der Waals surface area contributed by atoms with E-state index in [0.717, 1.165) is 51.3 Å². The van der Waals surface area contributed by atoms with E-state index in [9.17, 15) is 4.79 Å². The van der Waals surface area contributed by atoms with Crippen molar-refractivity contribution < 1.29 is 14.1 Å². The third kappa shape index (κ3) is 3.72. The Kier molecular flexibility index (Phi) is 4.75. The monoisotopic (exact) mass is 346 g/mol. The van der Waals surface area contributed by atoms with E-state index in [0.29, 0.717) is 30.4 Å². The zero-order valence-electron chi connectivity index (χ0n) is 14.0. The van der Waals surface area contributed by atoms with Crippen molar-refractivity contribution in [3.8, 4) is 0 Å². The van der Waals surface area contributed by atoms with Gasteiger partial charge >= 0.3 is 0 Å². The molecule has 1 saturated heterocycles. The number of nitrogens with zero attached hydrogens (tertiary/aromatic N) is 4. The maximum atomic E-state index is 12.3. The van der Waals surface area contributed by atoms with E-state index >= 15 is 0 Å². The number of hydrogen-bond donors (Lipinski definition) is 2. The molecule has 0 spiro atoms. The van der Waals surface area contributed by atoms with Gasteiger partial charge < -0.3 is 24.5 Å². The van der Waals surface area contributed by atoms with Crippen LogP contribution in [0, 0.1) is 0 Å². The lowest BCUT2D eigenvalue weighted by Gasteiger charge is -2.01. The molecular formula is C16H22N6O3. The SMILES string of the molecule is O=C(NCCc1noc(C2CCCO2)n1)c1cn2c(n1)CCNCC2. The Balaban J connectivity index is 1.29. The van der Waals surface area contributed by atoms with Crippen LogP contribution < -0.4 is 10.6 Å². The van der Waals surface area contributed by atoms with Crippen molar-refractivity contribution in [1.29, 1.82) is 0 Å². The van der Waals surface area contributed by atoms with Gasteiger partial charge in [0.1, 0.15) is 17.6 Å². The highest BCUT2D eigenvalue weighted by atomic mass is 16.5. The zero-order chi connectivity index (χ0) is 17.1. The Morgan fingerprint density at radius 2 is 2.36 bits per heavy atom. The predicted molar refractivity (Wildman–Crippen MR) is 87.1 cm³/mol. The van der Waals surface area contributed by atoms with Crippen molar-refractivity contribution in [1.82, 2.24) is 30.3 Å². The lowest BCUT2D eigenvalue weighted by atomic mass is 10.2. The number of carbonyl (C=O) groups is 1. The molecule has 0 aromatic carbocycles. The summed E-state index contributed by atoms with van der Waals surface area (Å²) in [6, 6.07) is 0. The van der Waals surface area contributed by atoms with Gasteiger partial charge in [-0.25, -0.2) is 4.98 Å². The molecule has 9 heteroatoms. The number of amides is 1. The van der Waals surface area contributed by atoms with Crippen LogP contribution in [0.2, 0.25) is 0 Å². The van der Waals surface area contributed by atoms with Gasteiger partial charge in [-0.05, 0) is 12.8 Å². The summed E-state index contributed by atoms with van der Waals surface area (Å²) < 4.78 is 12.8. The smallest absolute Gasteiger partial charge is 0.271 e. The molecule has 2 aliphatic rings. The number of hydrogen-bond acceptors (Lipinski definition) is 7. The van der Waals surface area contributed by atoms with Crippen LogP contribution in [0.25, 0.3) is 0 Å². The molecule has 1 atom stereocenters. The first-order valence-electron chi connectivity index (χ1n) is 8.78. The van der Waals surface area contributed by atoms with Gasteiger partial charge in [-0.15, -0.1) is 0 Å². The van der Waals surface area contributed by atoms with Gasteiger partial charge in [0, 0.05) is 51.8 Å². The van der Waals surface area contributed by atoms with Crippen molar-refractivity contribution in [3.05, 3.63) is 29.4 Å². The number of ether oxygens (including phenoxy) is 1. The Morgan fingerprint density at radius 1 is 1.40 bits per heavy atom. The van der Waals surface area contributed by atoms with Crippen molar-refractivity contribution in [2.24, 2.45) is 0 Å². The molecule has 1 unspecified atom stereocenters. The van der Waals surface area contributed by atoms with E-state index in [1.54, 1.807) is 0 Å². The average Bonchev–Trinajstić information content (AvgIpc) is 3.33. The maximum absolute atomic E-state index is 12.3. The van der Waals surface area contributed by atoms with E-state index in [1.165, 1.54) is 0 Å². The molecule has 0 saturated carbocycles. The molecule has 4 rings (SSSR count). The summed E-state index contributed by atoms with van der Waals surface area (Å²) in [6.45, 7) is 3.80. The second-order valence-electron chi connectivity index (χ2n) is 6.29. The molecule has 4 heterocycles. The summed E-state index contributed by atoms with van der Waals surface area (Å²) in [5.74, 6) is 1.90. The van der Waals surface area contributed by atoms with Crippen LogP contribution in [-0.2, 0) is 24.1 Å². The Hall–Kier alpha value is -2.26. The summed E-state index contributed by atoms with van der Waals surface area (Å²) in [6.07, 6.45) is 5.02. The highest BCUT2D eigenvalue weighted by Gasteiger charge is 2.23. The molecule has 1 amide bonds. The quantitative estimate of drug-likeness (QED) is 0.798. The molecule has 2 aromatic rings. The van der Waals surface area contributed by atoms with Crippen LogP contribution in [0.4, 0.5) is 0 Å². The molecular weight excluding hydrogens is 324 g/mol. The van der Waals surface area contributed by atoms with Gasteiger partial charge in [0.15, 0.2) is 5.82 Å². The van der Waals surface area contributed by atoms with Crippen LogP contribution in [0.15, 0.2) is 10.7 Å². The van der Waals surface area contributed by atoms with Crippen LogP contribution in [0.5, 0.6) is 0 Å². The zero-order valence-corrected chi connectivity index (χ0v) is 14.0. The molecule has 134 valence electrons. The lowest BCUT2D eigenvalue weighted by molar-refractivity contribution is 0.0835. The van der Waals surface area contributed by atoms with Crippen LogP contribution in [-0.4, -0.2) is 51.8 Å². The Bertz CT molecular complexity index is 711. The predicted octanol–water partition coefficient (Wildman–Crippen LogP) is 0.236. The summed E-state index contributed by atoms with van der Waals surface area (Å²) >= 11 is 0. The number of nitrogens with one attached hydrogen (secondary N) is 2. The van der Waals surface area contributed by atoms with Crippen molar-refractivity contribution in [2.75, 3.05) is 26.2 Å². The lowest BCUT2D eigenvalue weighted by Crippen LogP contribution is -2.26. The molecule has 9 nitrogen and oxygen atoms in total. The minimum Gasteiger partial charge on any atom is -0.368 e. The topological polar surface area (TPSA) is 107 Å². The second kappa shape index (κ2) is 7.32. The summed E-state index contributed by atoms with van der Waals surface area (Å²) in [5.41, 5.74) is 0.463. The fourth-order valence-corrected chi connectivity index (χ4v) is 3.13. The van der Waals surface area contributed by atoms with E-state index in [1.807, 2.05) is 10.8 Å². The van der Waals surface area contributed by atoms with Crippen molar-refractivity contribution in [3.63, 3.8) is 0 Å². The first-order valence-corrected chi connectivity index (χ1v) is 8.78. The van der Waals surface area contributed by atoms with Gasteiger partial charge in [0.05, 0.1) is 0 Å². The molecule has 1 fully saturated rings. The largest absolute Gasteiger partial charge is 0.368 e. The number of rotatable bonds is 5. The number of aromatic nitrogens is 4. The second-order valence-corrected chi connectivity index (χ2v) is 6.29. The van der Waals surface area contributed by atoms with Gasteiger partial charge in [0.25, 0.3) is 11.8 Å². The summed E-state index contributed by atoms with van der Waals surface area (Å²) in [5, 5.41) is 10.1. The highest BCUT2D eigenvalue weighted by molar-refractivity contribution is 5.92. The van der Waals surface area contributed by atoms with Crippen LogP contribution >= 0.6 is 0 Å². The molecule has 2 aliphatic heterocycles. The molecule has 2 aromatic heterocycles. The minimum absolute atomic E-state index is 0.0775. The fraction of sp³-hybridized carbons (Fsp3) is 0.625. The maximum Gasteiger partial charge on any atom is 0.271 e. The number of imidazole rings is 1. The van der Waals surface area contributed by atoms with Gasteiger partial charge in [-0.3, -0.25) is 4.79 Å². The van der Waals surface area contributed by atoms with Crippen molar-refractivity contribution in [2.45, 2.75) is 38.3 Å². The molecule has 0 aliphatic carbocycles. The minimum atomic E-state index is -0.170. The summed E-state index contributed by atoms with van der Waals surface area (Å²) in [7, 11) is 0. The van der Waals surface area contributed by atoms with Gasteiger partial charge in [0.2, 0.25) is 0 Å². The molecule has 25 heavy (non-hydrogen) atoms. The molecule has 0 radical (unpaired) electrons. The average molecular weight is 346 g/mol. The third-order valence-corrected chi connectivity index (χ3v) is 4.47. The van der Waals surface area contributed by atoms with E-state index in [-0.39, 0.29) is 12.0 Å². The van der Waals surface area contributed by atoms with E-state index < -0.39 is 0 Å². The Labute approximate surface area is 145 Å². The fourth-order valence-electron chi connectivity index (χ4n) is 3.13. The Morgan fingerprint density at radius 3 is 3.24 bits per heavy atom. The van der Waals surface area contributed by atoms with Crippen molar-refractivity contribution >= 4 is 5.91 Å². The number of carbonyl (C=O) groups excluding carboxylic acids is 1. The highest BCUT2D eigenvalue weighted by Crippen LogP contribution is 2.26. The first kappa shape index (κ1) is 16.2. The van der Waals surface area contributed by atoms with E-state index in [2.05, 4.69) is 25.8 Å². The molecule has 2 N–H and O–H groups in total. The van der Waals surface area contributed by atoms with Crippen LogP contribution in [0.3, 0.4) is 0 Å². The normalized spacial score (nSPS) is 20.2. The van der Waals surface area contributed by atoms with Crippen LogP contribution in [0.1, 0.15) is 47.0 Å². The van der Waals surface area contributed by atoms with Gasteiger partial charge in [-0.1, -0.05) is 5.16 Å². The number of fused-ring (bicyclic) bond motifs is 1.